The van der Waals surface area contributed by atoms with Crippen LogP contribution in [0.4, 0.5) is 13.6 Å². The first-order chi connectivity index (χ1) is 9.12. The molecule has 0 atom stereocenters. The zero-order chi connectivity index (χ0) is 15.4. The van der Waals surface area contributed by atoms with Gasteiger partial charge in [0.25, 0.3) is 5.92 Å². The minimum atomic E-state index is -3.14. The third kappa shape index (κ3) is 4.30. The van der Waals surface area contributed by atoms with Crippen LogP contribution < -0.4 is 5.32 Å². The number of amides is 1. The Hall–Kier alpha value is -0.910. The maximum absolute atomic E-state index is 14.3. The molecule has 0 unspecified atom stereocenters. The molecule has 0 spiro atoms. The van der Waals surface area contributed by atoms with E-state index in [1.807, 2.05) is 0 Å². The molecule has 6 heteroatoms. The molecule has 2 N–H and O–H groups in total. The smallest absolute Gasteiger partial charge is 0.408 e. The van der Waals surface area contributed by atoms with Crippen LogP contribution in [0.25, 0.3) is 0 Å². The molecule has 0 aromatic carbocycles. The van der Waals surface area contributed by atoms with E-state index < -0.39 is 36.2 Å². The Bertz CT molecular complexity index is 334. The van der Waals surface area contributed by atoms with Crippen LogP contribution in [0.5, 0.6) is 0 Å². The second kappa shape index (κ2) is 6.24. The number of nitrogens with one attached hydrogen (secondary N) is 1. The van der Waals surface area contributed by atoms with Crippen LogP contribution in [-0.4, -0.2) is 34.9 Å². The van der Waals surface area contributed by atoms with Crippen LogP contribution in [0, 0.1) is 0 Å². The molecular weight excluding hydrogens is 268 g/mol. The Kier molecular flexibility index (Phi) is 5.35. The summed E-state index contributed by atoms with van der Waals surface area (Å²) in [5.41, 5.74) is -2.33. The summed E-state index contributed by atoms with van der Waals surface area (Å²) >= 11 is 0. The summed E-state index contributed by atoms with van der Waals surface area (Å²) < 4.78 is 33.7. The molecule has 1 amide bonds. The van der Waals surface area contributed by atoms with Crippen LogP contribution in [-0.2, 0) is 4.74 Å². The molecule has 1 aliphatic rings. The lowest BCUT2D eigenvalue weighted by Gasteiger charge is -2.43. The zero-order valence-electron chi connectivity index (χ0n) is 12.5. The predicted octanol–water partition coefficient (Wildman–Crippen LogP) is 3.23. The first kappa shape index (κ1) is 17.1. The number of hydrogen-bond acceptors (Lipinski definition) is 3. The third-order valence-electron chi connectivity index (χ3n) is 3.57. The largest absolute Gasteiger partial charge is 0.444 e. The van der Waals surface area contributed by atoms with Crippen molar-refractivity contribution in [1.82, 2.24) is 5.32 Å². The number of alkyl halides is 2. The van der Waals surface area contributed by atoms with Gasteiger partial charge < -0.3 is 15.2 Å². The lowest BCUT2D eigenvalue weighted by Crippen LogP contribution is -2.62. The van der Waals surface area contributed by atoms with Gasteiger partial charge in [-0.05, 0) is 33.6 Å². The minimum Gasteiger partial charge on any atom is -0.444 e. The van der Waals surface area contributed by atoms with Crippen LogP contribution in [0.3, 0.4) is 0 Å². The van der Waals surface area contributed by atoms with Gasteiger partial charge in [0.1, 0.15) is 11.1 Å². The number of aliphatic hydroxyl groups excluding tert-OH is 1. The van der Waals surface area contributed by atoms with Gasteiger partial charge in [0.2, 0.25) is 0 Å². The molecule has 0 radical (unpaired) electrons. The highest BCUT2D eigenvalue weighted by atomic mass is 19.3. The van der Waals surface area contributed by atoms with E-state index in [0.717, 1.165) is 6.42 Å². The van der Waals surface area contributed by atoms with Gasteiger partial charge in [-0.2, -0.15) is 0 Å². The number of hydrogen-bond donors (Lipinski definition) is 2. The standard InChI is InChI=1S/C14H25F2NO3/c1-12(2,3)20-11(19)17-13(7-5-4-6-8-13)14(15,16)9-10-18/h18H,4-10H2,1-3H3,(H,17,19). The molecule has 4 nitrogen and oxygen atoms in total. The first-order valence-corrected chi connectivity index (χ1v) is 7.12. The van der Waals surface area contributed by atoms with E-state index in [0.29, 0.717) is 12.8 Å². The van der Waals surface area contributed by atoms with Crippen LogP contribution in [0.2, 0.25) is 0 Å². The van der Waals surface area contributed by atoms with Gasteiger partial charge in [0.15, 0.2) is 0 Å². The number of alkyl carbamates (subject to hydrolysis) is 1. The molecule has 0 bridgehead atoms. The van der Waals surface area contributed by atoms with Crippen molar-refractivity contribution in [2.45, 2.75) is 76.4 Å². The van der Waals surface area contributed by atoms with Crippen molar-refractivity contribution in [2.24, 2.45) is 0 Å². The van der Waals surface area contributed by atoms with Crippen molar-refractivity contribution < 1.29 is 23.4 Å². The van der Waals surface area contributed by atoms with Gasteiger partial charge in [-0.3, -0.25) is 0 Å². The fourth-order valence-electron chi connectivity index (χ4n) is 2.62. The second-order valence-electron chi connectivity index (χ2n) is 6.45. The van der Waals surface area contributed by atoms with Crippen molar-refractivity contribution in [2.75, 3.05) is 6.61 Å². The Morgan fingerprint density at radius 1 is 1.25 bits per heavy atom. The fraction of sp³-hybridized carbons (Fsp3) is 0.929. The van der Waals surface area contributed by atoms with E-state index in [1.54, 1.807) is 20.8 Å². The molecule has 0 aliphatic heterocycles. The summed E-state index contributed by atoms with van der Waals surface area (Å²) in [5.74, 6) is -3.14. The summed E-state index contributed by atoms with van der Waals surface area (Å²) in [6.45, 7) is 4.45. The quantitative estimate of drug-likeness (QED) is 0.836. The Balaban J connectivity index is 2.86. The zero-order valence-corrected chi connectivity index (χ0v) is 12.5. The van der Waals surface area contributed by atoms with E-state index in [-0.39, 0.29) is 12.8 Å². The molecule has 1 fully saturated rings. The van der Waals surface area contributed by atoms with E-state index >= 15 is 0 Å². The minimum absolute atomic E-state index is 0.208. The summed E-state index contributed by atoms with van der Waals surface area (Å²) in [4.78, 5) is 11.9. The predicted molar refractivity (Wildman–Crippen MR) is 71.8 cm³/mol. The second-order valence-corrected chi connectivity index (χ2v) is 6.45. The van der Waals surface area contributed by atoms with Gasteiger partial charge in [0.05, 0.1) is 0 Å². The summed E-state index contributed by atoms with van der Waals surface area (Å²) in [7, 11) is 0. The van der Waals surface area contributed by atoms with Crippen LogP contribution in [0.15, 0.2) is 0 Å². The Morgan fingerprint density at radius 2 is 1.80 bits per heavy atom. The average molecular weight is 293 g/mol. The monoisotopic (exact) mass is 293 g/mol. The highest BCUT2D eigenvalue weighted by Crippen LogP contribution is 2.42. The van der Waals surface area contributed by atoms with Crippen molar-refractivity contribution >= 4 is 6.09 Å². The van der Waals surface area contributed by atoms with E-state index in [4.69, 9.17) is 9.84 Å². The first-order valence-electron chi connectivity index (χ1n) is 7.12. The van der Waals surface area contributed by atoms with Crippen molar-refractivity contribution in [3.05, 3.63) is 0 Å². The molecule has 1 saturated carbocycles. The maximum Gasteiger partial charge on any atom is 0.408 e. The SMILES string of the molecule is CC(C)(C)OC(=O)NC1(C(F)(F)CCO)CCCCC1. The Morgan fingerprint density at radius 3 is 2.25 bits per heavy atom. The highest BCUT2D eigenvalue weighted by Gasteiger charge is 2.54. The molecular formula is C14H25F2NO3. The van der Waals surface area contributed by atoms with Crippen molar-refractivity contribution in [3.63, 3.8) is 0 Å². The lowest BCUT2D eigenvalue weighted by molar-refractivity contribution is -0.117. The van der Waals surface area contributed by atoms with Crippen LogP contribution >= 0.6 is 0 Å². The summed E-state index contributed by atoms with van der Waals surface area (Å²) in [5, 5.41) is 11.2. The number of carbonyl (C=O) groups excluding carboxylic acids is 1. The molecule has 0 saturated heterocycles. The molecule has 0 aromatic heterocycles. The average Bonchev–Trinajstić information content (AvgIpc) is 2.27. The van der Waals surface area contributed by atoms with Crippen molar-refractivity contribution in [1.29, 1.82) is 0 Å². The van der Waals surface area contributed by atoms with Gasteiger partial charge in [-0.15, -0.1) is 0 Å². The van der Waals surface area contributed by atoms with E-state index in [9.17, 15) is 13.6 Å². The van der Waals surface area contributed by atoms with E-state index in [1.165, 1.54) is 0 Å². The van der Waals surface area contributed by atoms with Gasteiger partial charge in [0, 0.05) is 13.0 Å². The maximum atomic E-state index is 14.3. The number of carbonyl (C=O) groups is 1. The molecule has 0 heterocycles. The molecule has 118 valence electrons. The lowest BCUT2D eigenvalue weighted by atomic mass is 9.76. The Labute approximate surface area is 118 Å². The van der Waals surface area contributed by atoms with Gasteiger partial charge in [-0.25, -0.2) is 13.6 Å². The molecule has 0 aromatic rings. The number of halogens is 2. The fourth-order valence-corrected chi connectivity index (χ4v) is 2.62. The summed E-state index contributed by atoms with van der Waals surface area (Å²) in [6, 6.07) is 0. The van der Waals surface area contributed by atoms with Crippen LogP contribution in [0.1, 0.15) is 59.3 Å². The number of rotatable bonds is 4. The van der Waals surface area contributed by atoms with Crippen molar-refractivity contribution in [3.8, 4) is 0 Å². The third-order valence-corrected chi connectivity index (χ3v) is 3.57. The van der Waals surface area contributed by atoms with E-state index in [2.05, 4.69) is 5.32 Å². The summed E-state index contributed by atoms with van der Waals surface area (Å²) in [6.07, 6.45) is 1.10. The molecule has 1 rings (SSSR count). The van der Waals surface area contributed by atoms with Gasteiger partial charge >= 0.3 is 6.09 Å². The topological polar surface area (TPSA) is 58.6 Å². The highest BCUT2D eigenvalue weighted by molar-refractivity contribution is 5.69. The van der Waals surface area contributed by atoms with Gasteiger partial charge in [-0.1, -0.05) is 19.3 Å². The molecule has 20 heavy (non-hydrogen) atoms. The number of aliphatic hydroxyl groups is 1. The molecule has 1 aliphatic carbocycles. The number of ether oxygens (including phenoxy) is 1. The normalized spacial score (nSPS) is 19.5.